The van der Waals surface area contributed by atoms with Crippen LogP contribution in [0.1, 0.15) is 52.8 Å². The molecular formula is C24H30N4O5. The second-order valence-electron chi connectivity index (χ2n) is 7.92. The van der Waals surface area contributed by atoms with Gasteiger partial charge in [-0.1, -0.05) is 19.9 Å². The summed E-state index contributed by atoms with van der Waals surface area (Å²) >= 11 is 0. The zero-order valence-electron chi connectivity index (χ0n) is 19.6. The molecule has 3 rings (SSSR count). The molecule has 0 spiro atoms. The Balaban J connectivity index is 2.16. The van der Waals surface area contributed by atoms with E-state index in [0.717, 1.165) is 13.1 Å². The Morgan fingerprint density at radius 1 is 1.27 bits per heavy atom. The minimum Gasteiger partial charge on any atom is -0.507 e. The quantitative estimate of drug-likeness (QED) is 0.273. The highest BCUT2D eigenvalue weighted by atomic mass is 16.5. The molecule has 1 fully saturated rings. The number of likely N-dealkylation sites (N-methyl/N-ethyl adjacent to an activating group) is 1. The van der Waals surface area contributed by atoms with Crippen molar-refractivity contribution in [3.05, 3.63) is 58.2 Å². The van der Waals surface area contributed by atoms with Crippen molar-refractivity contribution in [2.24, 2.45) is 0 Å². The summed E-state index contributed by atoms with van der Waals surface area (Å²) in [6.07, 6.45) is 3.19. The molecule has 1 atom stereocenters. The number of aromatic amines is 1. The number of carbonyl (C=O) groups excluding carboxylic acids is 3. The molecule has 0 aliphatic carbocycles. The Labute approximate surface area is 193 Å². The van der Waals surface area contributed by atoms with E-state index in [-0.39, 0.29) is 17.0 Å². The van der Waals surface area contributed by atoms with Gasteiger partial charge in [0.05, 0.1) is 18.7 Å². The van der Waals surface area contributed by atoms with Crippen LogP contribution in [0.2, 0.25) is 0 Å². The van der Waals surface area contributed by atoms with Crippen LogP contribution in [0, 0.1) is 13.8 Å². The number of carbonyl (C=O) groups is 3. The number of ether oxygens (including phenoxy) is 1. The standard InChI is InChI=1S/C24H30N4O5/c1-6-27(7-2)11-12-28-20(16-9-8-10-25-13-16)18(22(30)23(28)31)21(29)17-14(3)19(24(32)33-5)26-15(17)4/h8-10,13,20,26,29H,6-7,11-12H2,1-5H3/b21-18+/t20-/m0/s1. The third-order valence-electron chi connectivity index (χ3n) is 6.16. The summed E-state index contributed by atoms with van der Waals surface area (Å²) in [4.78, 5) is 49.1. The third kappa shape index (κ3) is 4.41. The van der Waals surface area contributed by atoms with Crippen LogP contribution in [0.5, 0.6) is 0 Å². The number of hydrogen-bond donors (Lipinski definition) is 2. The molecule has 9 heteroatoms. The van der Waals surface area contributed by atoms with Crippen molar-refractivity contribution in [2.75, 3.05) is 33.3 Å². The van der Waals surface area contributed by atoms with Crippen LogP contribution in [-0.2, 0) is 14.3 Å². The number of ketones is 1. The van der Waals surface area contributed by atoms with Gasteiger partial charge >= 0.3 is 5.97 Å². The largest absolute Gasteiger partial charge is 0.507 e. The van der Waals surface area contributed by atoms with E-state index in [0.29, 0.717) is 35.5 Å². The Hall–Kier alpha value is -3.46. The summed E-state index contributed by atoms with van der Waals surface area (Å²) in [5, 5.41) is 11.3. The number of aliphatic hydroxyl groups excluding tert-OH is 1. The number of esters is 1. The molecule has 2 aromatic heterocycles. The van der Waals surface area contributed by atoms with Crippen molar-refractivity contribution < 1.29 is 24.2 Å². The van der Waals surface area contributed by atoms with Gasteiger partial charge in [0.15, 0.2) is 0 Å². The van der Waals surface area contributed by atoms with Crippen molar-refractivity contribution in [3.8, 4) is 0 Å². The van der Waals surface area contributed by atoms with Crippen LogP contribution in [-0.4, -0.2) is 75.8 Å². The lowest BCUT2D eigenvalue weighted by Crippen LogP contribution is -2.38. The van der Waals surface area contributed by atoms with Gasteiger partial charge < -0.3 is 24.6 Å². The number of amides is 1. The van der Waals surface area contributed by atoms with Gasteiger partial charge in [-0.2, -0.15) is 0 Å². The van der Waals surface area contributed by atoms with Gasteiger partial charge in [-0.3, -0.25) is 14.6 Å². The van der Waals surface area contributed by atoms with Gasteiger partial charge in [0.1, 0.15) is 11.5 Å². The average Bonchev–Trinajstić information content (AvgIpc) is 3.26. The Kier molecular flexibility index (Phi) is 7.33. The monoisotopic (exact) mass is 454 g/mol. The number of rotatable bonds is 8. The second-order valence-corrected chi connectivity index (χ2v) is 7.92. The summed E-state index contributed by atoms with van der Waals surface area (Å²) < 4.78 is 4.80. The molecule has 0 unspecified atom stereocenters. The molecule has 1 aliphatic heterocycles. The van der Waals surface area contributed by atoms with E-state index in [1.165, 1.54) is 12.0 Å². The van der Waals surface area contributed by atoms with Crippen LogP contribution in [0.25, 0.3) is 5.76 Å². The zero-order chi connectivity index (χ0) is 24.3. The molecule has 0 aromatic carbocycles. The van der Waals surface area contributed by atoms with Gasteiger partial charge in [0.2, 0.25) is 0 Å². The second kappa shape index (κ2) is 9.99. The topological polar surface area (TPSA) is 116 Å². The van der Waals surface area contributed by atoms with E-state index in [1.54, 1.807) is 38.4 Å². The van der Waals surface area contributed by atoms with Gasteiger partial charge in [0.25, 0.3) is 11.7 Å². The third-order valence-corrected chi connectivity index (χ3v) is 6.16. The van der Waals surface area contributed by atoms with Gasteiger partial charge in [-0.25, -0.2) is 4.79 Å². The van der Waals surface area contributed by atoms with E-state index in [9.17, 15) is 19.5 Å². The Morgan fingerprint density at radius 2 is 1.97 bits per heavy atom. The smallest absolute Gasteiger partial charge is 0.354 e. The Morgan fingerprint density at radius 3 is 2.55 bits per heavy atom. The lowest BCUT2D eigenvalue weighted by Gasteiger charge is -2.28. The van der Waals surface area contributed by atoms with Crippen LogP contribution < -0.4 is 0 Å². The highest BCUT2D eigenvalue weighted by Gasteiger charge is 2.46. The molecule has 9 nitrogen and oxygen atoms in total. The summed E-state index contributed by atoms with van der Waals surface area (Å²) in [7, 11) is 1.27. The van der Waals surface area contributed by atoms with Crippen molar-refractivity contribution in [1.82, 2.24) is 19.8 Å². The fourth-order valence-corrected chi connectivity index (χ4v) is 4.33. The van der Waals surface area contributed by atoms with Gasteiger partial charge in [0, 0.05) is 36.7 Å². The summed E-state index contributed by atoms with van der Waals surface area (Å²) in [5.74, 6) is -2.34. The van der Waals surface area contributed by atoms with Crippen molar-refractivity contribution in [3.63, 3.8) is 0 Å². The first-order valence-corrected chi connectivity index (χ1v) is 10.9. The first kappa shape index (κ1) is 24.2. The number of nitrogens with one attached hydrogen (secondary N) is 1. The van der Waals surface area contributed by atoms with Gasteiger partial charge in [-0.15, -0.1) is 0 Å². The fraction of sp³-hybridized carbons (Fsp3) is 0.417. The molecule has 0 radical (unpaired) electrons. The van der Waals surface area contributed by atoms with E-state index in [1.807, 2.05) is 13.8 Å². The number of nitrogens with zero attached hydrogens (tertiary/aromatic N) is 3. The number of Topliss-reactive ketones (excluding diaryl/α,β-unsaturated/α-hetero) is 1. The normalized spacial score (nSPS) is 17.8. The number of methoxy groups -OCH3 is 1. The molecule has 0 bridgehead atoms. The fourth-order valence-electron chi connectivity index (χ4n) is 4.33. The van der Waals surface area contributed by atoms with E-state index >= 15 is 0 Å². The number of pyridine rings is 1. The molecular weight excluding hydrogens is 424 g/mol. The highest BCUT2D eigenvalue weighted by Crippen LogP contribution is 2.40. The van der Waals surface area contributed by atoms with E-state index < -0.39 is 23.7 Å². The molecule has 176 valence electrons. The Bertz CT molecular complexity index is 1090. The van der Waals surface area contributed by atoms with Crippen LogP contribution in [0.15, 0.2) is 30.1 Å². The van der Waals surface area contributed by atoms with E-state index in [2.05, 4.69) is 14.9 Å². The number of aliphatic hydroxyl groups is 1. The first-order chi connectivity index (χ1) is 15.8. The van der Waals surface area contributed by atoms with Crippen molar-refractivity contribution in [2.45, 2.75) is 33.7 Å². The lowest BCUT2D eigenvalue weighted by molar-refractivity contribution is -0.140. The number of hydrogen-bond acceptors (Lipinski definition) is 7. The van der Waals surface area contributed by atoms with Crippen molar-refractivity contribution in [1.29, 1.82) is 0 Å². The molecule has 1 aliphatic rings. The number of likely N-dealkylation sites (tertiary alicyclic amines) is 1. The maximum Gasteiger partial charge on any atom is 0.354 e. The summed E-state index contributed by atoms with van der Waals surface area (Å²) in [5.41, 5.74) is 2.03. The summed E-state index contributed by atoms with van der Waals surface area (Å²) in [6, 6.07) is 2.71. The summed E-state index contributed by atoms with van der Waals surface area (Å²) in [6.45, 7) is 9.95. The molecule has 1 amide bonds. The van der Waals surface area contributed by atoms with Crippen LogP contribution >= 0.6 is 0 Å². The van der Waals surface area contributed by atoms with E-state index in [4.69, 9.17) is 4.74 Å². The molecule has 2 aromatic rings. The predicted molar refractivity (Wildman–Crippen MR) is 123 cm³/mol. The highest BCUT2D eigenvalue weighted by molar-refractivity contribution is 6.46. The number of H-pyrrole nitrogens is 1. The average molecular weight is 455 g/mol. The van der Waals surface area contributed by atoms with Crippen LogP contribution in [0.3, 0.4) is 0 Å². The molecule has 1 saturated heterocycles. The van der Waals surface area contributed by atoms with Crippen LogP contribution in [0.4, 0.5) is 0 Å². The SMILES string of the molecule is CCN(CC)CCN1C(=O)C(=O)/C(=C(/O)c2c(C)[nH]c(C(=O)OC)c2C)[C@@H]1c1cccnc1. The zero-order valence-corrected chi connectivity index (χ0v) is 19.6. The molecule has 33 heavy (non-hydrogen) atoms. The predicted octanol–water partition coefficient (Wildman–Crippen LogP) is 2.58. The minimum absolute atomic E-state index is 0.0193. The maximum atomic E-state index is 13.2. The maximum absolute atomic E-state index is 13.2. The van der Waals surface area contributed by atoms with Gasteiger partial charge in [-0.05, 0) is 44.1 Å². The van der Waals surface area contributed by atoms with Crippen molar-refractivity contribution >= 4 is 23.4 Å². The number of aryl methyl sites for hydroxylation is 1. The first-order valence-electron chi connectivity index (χ1n) is 10.9. The molecule has 2 N–H and O–H groups in total. The molecule has 0 saturated carbocycles. The minimum atomic E-state index is -0.787. The number of aromatic nitrogens is 2. The lowest BCUT2D eigenvalue weighted by atomic mass is 9.95. The molecule has 3 heterocycles.